The molecule has 2 aromatic carbocycles. The maximum Gasteiger partial charge on any atom is 0.135 e. The highest BCUT2D eigenvalue weighted by Crippen LogP contribution is 2.29. The lowest BCUT2D eigenvalue weighted by Crippen LogP contribution is -2.18. The first-order valence-electron chi connectivity index (χ1n) is 6.66. The molecule has 1 unspecified atom stereocenters. The normalized spacial score (nSPS) is 12.7. The first-order valence-corrected chi connectivity index (χ1v) is 7.45. The van der Waals surface area contributed by atoms with Gasteiger partial charge in [0.2, 0.25) is 0 Å². The van der Waals surface area contributed by atoms with Crippen LogP contribution in [0, 0.1) is 0 Å². The molecule has 0 aliphatic heterocycles. The van der Waals surface area contributed by atoms with Crippen LogP contribution in [0.1, 0.15) is 17.4 Å². The average molecular weight is 330 g/mol. The van der Waals surface area contributed by atoms with Gasteiger partial charge in [0.25, 0.3) is 0 Å². The summed E-state index contributed by atoms with van der Waals surface area (Å²) < 4.78 is 6.60. The quantitative estimate of drug-likeness (QED) is 0.750. The number of hydrogen-bond acceptors (Lipinski definition) is 2. The lowest BCUT2D eigenvalue weighted by molar-refractivity contribution is 0.427. The fourth-order valence-electron chi connectivity index (χ4n) is 2.57. The summed E-state index contributed by atoms with van der Waals surface area (Å²) in [7, 11) is 1.96. The largest absolute Gasteiger partial charge is 0.466 e. The molecule has 2 nitrogen and oxygen atoms in total. The number of likely N-dealkylation sites (N-methyl/N-ethyl adjacent to an activating group) is 1. The number of halogens is 1. The highest BCUT2D eigenvalue weighted by Gasteiger charge is 2.17. The van der Waals surface area contributed by atoms with Crippen molar-refractivity contribution in [2.75, 3.05) is 7.05 Å². The highest BCUT2D eigenvalue weighted by molar-refractivity contribution is 9.10. The Bertz CT molecular complexity index is 714. The molecule has 0 aliphatic carbocycles. The molecule has 0 saturated carbocycles. The summed E-state index contributed by atoms with van der Waals surface area (Å²) in [5, 5.41) is 5.91. The molecule has 3 rings (SSSR count). The van der Waals surface area contributed by atoms with Crippen LogP contribution in [0.2, 0.25) is 0 Å². The number of nitrogens with one attached hydrogen (secondary N) is 1. The molecule has 0 radical (unpaired) electrons. The molecule has 1 atom stereocenters. The van der Waals surface area contributed by atoms with Gasteiger partial charge in [0.05, 0.1) is 16.8 Å². The number of rotatable bonds is 4. The minimum Gasteiger partial charge on any atom is -0.466 e. The summed E-state index contributed by atoms with van der Waals surface area (Å²) in [6, 6.07) is 17.0. The average Bonchev–Trinajstić information content (AvgIpc) is 2.91. The van der Waals surface area contributed by atoms with Crippen LogP contribution in [-0.4, -0.2) is 7.05 Å². The molecular weight excluding hydrogens is 314 g/mol. The molecule has 0 aliphatic rings. The van der Waals surface area contributed by atoms with E-state index in [1.165, 1.54) is 16.3 Å². The zero-order chi connectivity index (χ0) is 13.9. The number of furan rings is 1. The van der Waals surface area contributed by atoms with Crippen LogP contribution < -0.4 is 5.32 Å². The van der Waals surface area contributed by atoms with E-state index in [0.717, 1.165) is 16.7 Å². The second-order valence-electron chi connectivity index (χ2n) is 4.82. The molecule has 1 N–H and O–H groups in total. The Labute approximate surface area is 126 Å². The summed E-state index contributed by atoms with van der Waals surface area (Å²) >= 11 is 3.54. The van der Waals surface area contributed by atoms with Crippen molar-refractivity contribution in [1.29, 1.82) is 0 Å². The molecule has 0 saturated heterocycles. The second kappa shape index (κ2) is 5.81. The fraction of sp³-hybridized carbons (Fsp3) is 0.176. The highest BCUT2D eigenvalue weighted by atomic mass is 79.9. The van der Waals surface area contributed by atoms with Crippen molar-refractivity contribution in [2.45, 2.75) is 12.5 Å². The van der Waals surface area contributed by atoms with Gasteiger partial charge in [-0.15, -0.1) is 0 Å². The van der Waals surface area contributed by atoms with Gasteiger partial charge in [-0.25, -0.2) is 0 Å². The Kier molecular flexibility index (Phi) is 3.90. The van der Waals surface area contributed by atoms with E-state index in [1.54, 1.807) is 6.26 Å². The van der Waals surface area contributed by atoms with Crippen molar-refractivity contribution in [1.82, 2.24) is 5.32 Å². The number of fused-ring (bicyclic) bond motifs is 1. The summed E-state index contributed by atoms with van der Waals surface area (Å²) in [6.07, 6.45) is 2.61. The number of benzene rings is 2. The summed E-state index contributed by atoms with van der Waals surface area (Å²) in [6.45, 7) is 0. The predicted molar refractivity (Wildman–Crippen MR) is 85.9 cm³/mol. The third-order valence-corrected chi connectivity index (χ3v) is 4.27. The minimum absolute atomic E-state index is 0.158. The Hall–Kier alpha value is -1.58. The lowest BCUT2D eigenvalue weighted by atomic mass is 9.98. The molecule has 0 spiro atoms. The van der Waals surface area contributed by atoms with Gasteiger partial charge in [-0.3, -0.25) is 0 Å². The van der Waals surface area contributed by atoms with Crippen molar-refractivity contribution < 1.29 is 4.42 Å². The molecule has 0 amide bonds. The minimum atomic E-state index is 0.158. The van der Waals surface area contributed by atoms with E-state index in [1.807, 2.05) is 13.1 Å². The first kappa shape index (κ1) is 13.4. The molecule has 0 bridgehead atoms. The maximum atomic E-state index is 5.59. The third kappa shape index (κ3) is 2.51. The molecule has 0 fully saturated rings. The Morgan fingerprint density at radius 3 is 2.65 bits per heavy atom. The Morgan fingerprint density at radius 2 is 1.90 bits per heavy atom. The van der Waals surface area contributed by atoms with Crippen molar-refractivity contribution in [3.8, 4) is 0 Å². The monoisotopic (exact) mass is 329 g/mol. The smallest absolute Gasteiger partial charge is 0.135 e. The van der Waals surface area contributed by atoms with E-state index in [4.69, 9.17) is 4.42 Å². The third-order valence-electron chi connectivity index (χ3n) is 3.61. The molecule has 3 aromatic rings. The first-order chi connectivity index (χ1) is 9.79. The maximum absolute atomic E-state index is 5.59. The van der Waals surface area contributed by atoms with Gasteiger partial charge in [-0.1, -0.05) is 42.5 Å². The van der Waals surface area contributed by atoms with Crippen LogP contribution in [-0.2, 0) is 6.42 Å². The van der Waals surface area contributed by atoms with Gasteiger partial charge in [0, 0.05) is 0 Å². The van der Waals surface area contributed by atoms with Crippen LogP contribution in [0.3, 0.4) is 0 Å². The second-order valence-corrected chi connectivity index (χ2v) is 5.67. The van der Waals surface area contributed by atoms with Gasteiger partial charge < -0.3 is 9.73 Å². The van der Waals surface area contributed by atoms with E-state index in [9.17, 15) is 0 Å². The van der Waals surface area contributed by atoms with Crippen LogP contribution in [0.25, 0.3) is 10.8 Å². The van der Waals surface area contributed by atoms with E-state index in [2.05, 4.69) is 63.7 Å². The molecule has 1 heterocycles. The van der Waals surface area contributed by atoms with Crippen molar-refractivity contribution >= 4 is 26.7 Å². The Balaban J connectivity index is 1.98. The number of hydrogen-bond donors (Lipinski definition) is 1. The lowest BCUT2D eigenvalue weighted by Gasteiger charge is -2.16. The standard InChI is InChI=1S/C17H16BrNO/c1-19-16(17-15(18)9-10-20-17)11-13-7-4-6-12-5-2-3-8-14(12)13/h2-10,16,19H,11H2,1H3. The fourth-order valence-corrected chi connectivity index (χ4v) is 3.05. The van der Waals surface area contributed by atoms with E-state index < -0.39 is 0 Å². The van der Waals surface area contributed by atoms with Crippen LogP contribution >= 0.6 is 15.9 Å². The molecular formula is C17H16BrNO. The van der Waals surface area contributed by atoms with Crippen molar-refractivity contribution in [2.24, 2.45) is 0 Å². The molecule has 102 valence electrons. The summed E-state index contributed by atoms with van der Waals surface area (Å²) in [5.41, 5.74) is 1.32. The van der Waals surface area contributed by atoms with Crippen molar-refractivity contribution in [3.63, 3.8) is 0 Å². The van der Waals surface area contributed by atoms with Gasteiger partial charge in [-0.05, 0) is 51.8 Å². The molecule has 1 aromatic heterocycles. The van der Waals surface area contributed by atoms with Crippen LogP contribution in [0.5, 0.6) is 0 Å². The Morgan fingerprint density at radius 1 is 1.10 bits per heavy atom. The van der Waals surface area contributed by atoms with Crippen LogP contribution in [0.4, 0.5) is 0 Å². The van der Waals surface area contributed by atoms with E-state index in [-0.39, 0.29) is 6.04 Å². The summed E-state index contributed by atoms with van der Waals surface area (Å²) in [4.78, 5) is 0. The van der Waals surface area contributed by atoms with E-state index >= 15 is 0 Å². The summed E-state index contributed by atoms with van der Waals surface area (Å²) in [5.74, 6) is 0.945. The zero-order valence-electron chi connectivity index (χ0n) is 11.3. The van der Waals surface area contributed by atoms with E-state index in [0.29, 0.717) is 0 Å². The van der Waals surface area contributed by atoms with Gasteiger partial charge in [0.15, 0.2) is 0 Å². The predicted octanol–water partition coefficient (Wildman–Crippen LogP) is 4.70. The van der Waals surface area contributed by atoms with Gasteiger partial charge >= 0.3 is 0 Å². The molecule has 3 heteroatoms. The van der Waals surface area contributed by atoms with Gasteiger partial charge in [0.1, 0.15) is 5.76 Å². The molecule has 20 heavy (non-hydrogen) atoms. The zero-order valence-corrected chi connectivity index (χ0v) is 12.9. The van der Waals surface area contributed by atoms with Gasteiger partial charge in [-0.2, -0.15) is 0 Å². The topological polar surface area (TPSA) is 25.2 Å². The van der Waals surface area contributed by atoms with Crippen LogP contribution in [0.15, 0.2) is 63.7 Å². The SMILES string of the molecule is CNC(Cc1cccc2ccccc12)c1occc1Br. The van der Waals surface area contributed by atoms with Crippen molar-refractivity contribution in [3.05, 3.63) is 70.6 Å².